The summed E-state index contributed by atoms with van der Waals surface area (Å²) in [6, 6.07) is 6.37. The molecular weight excluding hydrogens is 242 g/mol. The van der Waals surface area contributed by atoms with Crippen LogP contribution in [0.2, 0.25) is 0 Å². The molecule has 19 heavy (non-hydrogen) atoms. The summed E-state index contributed by atoms with van der Waals surface area (Å²) in [5.74, 6) is 1.44. The smallest absolute Gasteiger partial charge is 0.161 e. The van der Waals surface area contributed by atoms with Crippen LogP contribution in [0.3, 0.4) is 0 Å². The summed E-state index contributed by atoms with van der Waals surface area (Å²) in [5.41, 5.74) is 0.724. The maximum absolute atomic E-state index is 9.54. The number of hydrogen-bond donors (Lipinski definition) is 2. The fourth-order valence-electron chi connectivity index (χ4n) is 1.98. The van der Waals surface area contributed by atoms with Gasteiger partial charge in [-0.2, -0.15) is 0 Å². The molecule has 0 aliphatic heterocycles. The standard InChI is InChI=1S/C15H23NO3/c1-11-4-7-13(14(8-11)18-3)19-10-15(2,9-17)16-12-5-6-12/h4,7-8,12,16-17H,5-6,9-10H2,1-3H3. The first-order valence-corrected chi connectivity index (χ1v) is 6.72. The lowest BCUT2D eigenvalue weighted by Crippen LogP contribution is -2.51. The lowest BCUT2D eigenvalue weighted by Gasteiger charge is -2.29. The Morgan fingerprint density at radius 1 is 1.37 bits per heavy atom. The molecule has 1 atom stereocenters. The van der Waals surface area contributed by atoms with E-state index in [-0.39, 0.29) is 6.61 Å². The van der Waals surface area contributed by atoms with Gasteiger partial charge in [0.1, 0.15) is 6.61 Å². The molecule has 1 aliphatic rings. The van der Waals surface area contributed by atoms with Crippen LogP contribution in [0.15, 0.2) is 18.2 Å². The molecule has 1 aliphatic carbocycles. The van der Waals surface area contributed by atoms with Gasteiger partial charge in [0.15, 0.2) is 11.5 Å². The summed E-state index contributed by atoms with van der Waals surface area (Å²) >= 11 is 0. The van der Waals surface area contributed by atoms with Gasteiger partial charge in [0.2, 0.25) is 0 Å². The second-order valence-electron chi connectivity index (χ2n) is 5.58. The molecule has 1 unspecified atom stereocenters. The Balaban J connectivity index is 1.99. The third-order valence-corrected chi connectivity index (χ3v) is 3.34. The van der Waals surface area contributed by atoms with Crippen LogP contribution in [0.25, 0.3) is 0 Å². The number of benzene rings is 1. The largest absolute Gasteiger partial charge is 0.493 e. The predicted octanol–water partition coefficient (Wildman–Crippen LogP) is 1.89. The number of nitrogens with one attached hydrogen (secondary N) is 1. The Kier molecular flexibility index (Phi) is 4.32. The number of hydrogen-bond acceptors (Lipinski definition) is 4. The second kappa shape index (κ2) is 5.80. The summed E-state index contributed by atoms with van der Waals surface area (Å²) in [6.45, 7) is 4.46. The van der Waals surface area contributed by atoms with Crippen molar-refractivity contribution >= 4 is 0 Å². The zero-order chi connectivity index (χ0) is 13.9. The van der Waals surface area contributed by atoms with E-state index in [0.29, 0.717) is 18.4 Å². The normalized spacial score (nSPS) is 17.9. The molecule has 0 heterocycles. The highest BCUT2D eigenvalue weighted by Gasteiger charge is 2.32. The summed E-state index contributed by atoms with van der Waals surface area (Å²) in [7, 11) is 1.63. The zero-order valence-corrected chi connectivity index (χ0v) is 11.9. The van der Waals surface area contributed by atoms with E-state index >= 15 is 0 Å². The van der Waals surface area contributed by atoms with Gasteiger partial charge in [0.05, 0.1) is 19.3 Å². The van der Waals surface area contributed by atoms with Crippen molar-refractivity contribution in [2.45, 2.75) is 38.3 Å². The van der Waals surface area contributed by atoms with Gasteiger partial charge in [-0.3, -0.25) is 0 Å². The van der Waals surface area contributed by atoms with Gasteiger partial charge in [0.25, 0.3) is 0 Å². The minimum Gasteiger partial charge on any atom is -0.493 e. The number of rotatable bonds is 7. The van der Waals surface area contributed by atoms with Gasteiger partial charge in [0, 0.05) is 6.04 Å². The SMILES string of the molecule is COc1cc(C)ccc1OCC(C)(CO)NC1CC1. The van der Waals surface area contributed by atoms with Gasteiger partial charge in [-0.25, -0.2) is 0 Å². The second-order valence-corrected chi connectivity index (χ2v) is 5.58. The third-order valence-electron chi connectivity index (χ3n) is 3.34. The summed E-state index contributed by atoms with van der Waals surface area (Å²) in [4.78, 5) is 0. The van der Waals surface area contributed by atoms with Crippen LogP contribution in [0, 0.1) is 6.92 Å². The van der Waals surface area contributed by atoms with Crippen molar-refractivity contribution in [2.24, 2.45) is 0 Å². The monoisotopic (exact) mass is 265 g/mol. The number of aryl methyl sites for hydroxylation is 1. The van der Waals surface area contributed by atoms with Crippen LogP contribution >= 0.6 is 0 Å². The third kappa shape index (κ3) is 3.85. The lowest BCUT2D eigenvalue weighted by molar-refractivity contribution is 0.112. The Labute approximate surface area is 114 Å². The molecule has 106 valence electrons. The number of methoxy groups -OCH3 is 1. The molecule has 1 aromatic carbocycles. The molecule has 0 radical (unpaired) electrons. The van der Waals surface area contributed by atoms with Crippen LogP contribution in [-0.2, 0) is 0 Å². The van der Waals surface area contributed by atoms with Crippen molar-refractivity contribution < 1.29 is 14.6 Å². The van der Waals surface area contributed by atoms with E-state index in [0.717, 1.165) is 11.3 Å². The summed E-state index contributed by atoms with van der Waals surface area (Å²) in [6.07, 6.45) is 2.37. The van der Waals surface area contributed by atoms with Crippen LogP contribution in [-0.4, -0.2) is 37.0 Å². The Morgan fingerprint density at radius 3 is 2.68 bits per heavy atom. The maximum Gasteiger partial charge on any atom is 0.161 e. The van der Waals surface area contributed by atoms with Crippen molar-refractivity contribution in [3.8, 4) is 11.5 Å². The molecule has 0 saturated heterocycles. The highest BCUT2D eigenvalue weighted by Crippen LogP contribution is 2.29. The molecule has 4 heteroatoms. The molecule has 1 aromatic rings. The van der Waals surface area contributed by atoms with Gasteiger partial charge in [-0.05, 0) is 44.4 Å². The molecule has 1 fully saturated rings. The minimum atomic E-state index is -0.406. The molecule has 0 spiro atoms. The zero-order valence-electron chi connectivity index (χ0n) is 11.9. The number of aliphatic hydroxyl groups excluding tert-OH is 1. The van der Waals surface area contributed by atoms with Gasteiger partial charge < -0.3 is 19.9 Å². The molecule has 0 amide bonds. The summed E-state index contributed by atoms with van der Waals surface area (Å²) < 4.78 is 11.1. The molecule has 0 aromatic heterocycles. The van der Waals surface area contributed by atoms with Crippen molar-refractivity contribution in [1.29, 1.82) is 0 Å². The Bertz CT molecular complexity index is 431. The predicted molar refractivity (Wildman–Crippen MR) is 74.9 cm³/mol. The first-order valence-electron chi connectivity index (χ1n) is 6.72. The molecule has 2 rings (SSSR count). The highest BCUT2D eigenvalue weighted by atomic mass is 16.5. The fraction of sp³-hybridized carbons (Fsp3) is 0.600. The highest BCUT2D eigenvalue weighted by molar-refractivity contribution is 5.42. The number of ether oxygens (including phenoxy) is 2. The van der Waals surface area contributed by atoms with E-state index in [1.54, 1.807) is 7.11 Å². The molecule has 1 saturated carbocycles. The quantitative estimate of drug-likeness (QED) is 0.790. The van der Waals surface area contributed by atoms with E-state index < -0.39 is 5.54 Å². The molecule has 4 nitrogen and oxygen atoms in total. The fourth-order valence-corrected chi connectivity index (χ4v) is 1.98. The lowest BCUT2D eigenvalue weighted by atomic mass is 10.1. The topological polar surface area (TPSA) is 50.7 Å². The van der Waals surface area contributed by atoms with E-state index in [9.17, 15) is 5.11 Å². The van der Waals surface area contributed by atoms with Gasteiger partial charge in [-0.15, -0.1) is 0 Å². The van der Waals surface area contributed by atoms with E-state index in [1.807, 2.05) is 32.0 Å². The Morgan fingerprint density at radius 2 is 2.11 bits per heavy atom. The van der Waals surface area contributed by atoms with E-state index in [1.165, 1.54) is 12.8 Å². The Hall–Kier alpha value is -1.26. The van der Waals surface area contributed by atoms with Crippen LogP contribution in [0.4, 0.5) is 0 Å². The first-order chi connectivity index (χ1) is 9.06. The van der Waals surface area contributed by atoms with Gasteiger partial charge in [-0.1, -0.05) is 6.07 Å². The molecule has 2 N–H and O–H groups in total. The number of aliphatic hydroxyl groups is 1. The van der Waals surface area contributed by atoms with Gasteiger partial charge >= 0.3 is 0 Å². The molecular formula is C15H23NO3. The van der Waals surface area contributed by atoms with Crippen molar-refractivity contribution in [3.05, 3.63) is 23.8 Å². The summed E-state index contributed by atoms with van der Waals surface area (Å²) in [5, 5.41) is 13.0. The first kappa shape index (κ1) is 14.2. The van der Waals surface area contributed by atoms with E-state index in [2.05, 4.69) is 5.32 Å². The van der Waals surface area contributed by atoms with Crippen molar-refractivity contribution in [3.63, 3.8) is 0 Å². The average Bonchev–Trinajstić information content (AvgIpc) is 3.21. The minimum absolute atomic E-state index is 0.0533. The van der Waals surface area contributed by atoms with Crippen LogP contribution < -0.4 is 14.8 Å². The van der Waals surface area contributed by atoms with Crippen molar-refractivity contribution in [1.82, 2.24) is 5.32 Å². The van der Waals surface area contributed by atoms with Crippen LogP contribution in [0.5, 0.6) is 11.5 Å². The molecule has 0 bridgehead atoms. The van der Waals surface area contributed by atoms with E-state index in [4.69, 9.17) is 9.47 Å². The average molecular weight is 265 g/mol. The van der Waals surface area contributed by atoms with Crippen molar-refractivity contribution in [2.75, 3.05) is 20.3 Å². The maximum atomic E-state index is 9.54. The van der Waals surface area contributed by atoms with Crippen LogP contribution in [0.1, 0.15) is 25.3 Å².